The van der Waals surface area contributed by atoms with Crippen molar-refractivity contribution >= 4 is 24.5 Å². The Hall–Kier alpha value is -1.52. The molecule has 84 valence electrons. The molecule has 5 heteroatoms. The van der Waals surface area contributed by atoms with Gasteiger partial charge in [0.1, 0.15) is 12.6 Å². The molecular weight excluding hydrogens is 200 g/mol. The molecule has 5 nitrogen and oxygen atoms in total. The van der Waals surface area contributed by atoms with Crippen molar-refractivity contribution in [1.82, 2.24) is 0 Å². The zero-order chi connectivity index (χ0) is 11.5. The van der Waals surface area contributed by atoms with Gasteiger partial charge in [-0.25, -0.2) is 0 Å². The minimum atomic E-state index is -0.618. The summed E-state index contributed by atoms with van der Waals surface area (Å²) in [6.45, 7) is 0. The first-order valence-corrected chi connectivity index (χ1v) is 4.81. The van der Waals surface area contributed by atoms with Gasteiger partial charge in [0, 0.05) is 25.7 Å². The number of carbonyl (C=O) groups is 4. The average molecular weight is 214 g/mol. The van der Waals surface area contributed by atoms with Crippen molar-refractivity contribution in [2.24, 2.45) is 0 Å². The van der Waals surface area contributed by atoms with Gasteiger partial charge >= 0.3 is 11.9 Å². The molecule has 0 bridgehead atoms. The first-order valence-electron chi connectivity index (χ1n) is 4.81. The highest BCUT2D eigenvalue weighted by Crippen LogP contribution is 2.00. The normalized spacial score (nSPS) is 9.33. The van der Waals surface area contributed by atoms with Gasteiger partial charge in [-0.15, -0.1) is 0 Å². The van der Waals surface area contributed by atoms with Gasteiger partial charge in [0.25, 0.3) is 0 Å². The number of hydrogen-bond acceptors (Lipinski definition) is 5. The lowest BCUT2D eigenvalue weighted by atomic mass is 10.2. The average Bonchev–Trinajstić information content (AvgIpc) is 2.18. The Kier molecular flexibility index (Phi) is 8.13. The summed E-state index contributed by atoms with van der Waals surface area (Å²) in [5.74, 6) is -1.24. The predicted octanol–water partition coefficient (Wildman–Crippen LogP) is 0.795. The Bertz CT molecular complexity index is 210. The molecule has 0 saturated heterocycles. The lowest BCUT2D eigenvalue weighted by Gasteiger charge is -2.00. The molecule has 0 aliphatic rings. The van der Waals surface area contributed by atoms with Crippen molar-refractivity contribution in [2.75, 3.05) is 0 Å². The minimum Gasteiger partial charge on any atom is -0.393 e. The molecule has 0 spiro atoms. The van der Waals surface area contributed by atoms with E-state index in [1.807, 2.05) is 0 Å². The van der Waals surface area contributed by atoms with Gasteiger partial charge in [-0.05, 0) is 12.8 Å². The van der Waals surface area contributed by atoms with E-state index in [4.69, 9.17) is 0 Å². The Labute approximate surface area is 87.8 Å². The number of aldehydes is 2. The third-order valence-corrected chi connectivity index (χ3v) is 1.63. The van der Waals surface area contributed by atoms with Gasteiger partial charge in [-0.2, -0.15) is 0 Å². The van der Waals surface area contributed by atoms with E-state index >= 15 is 0 Å². The lowest BCUT2D eigenvalue weighted by molar-refractivity contribution is -0.159. The van der Waals surface area contributed by atoms with Crippen molar-refractivity contribution in [3.63, 3.8) is 0 Å². The maximum atomic E-state index is 10.9. The monoisotopic (exact) mass is 214 g/mol. The molecule has 0 atom stereocenters. The zero-order valence-corrected chi connectivity index (χ0v) is 8.44. The molecular formula is C10H14O5. The maximum Gasteiger partial charge on any atom is 0.313 e. The summed E-state index contributed by atoms with van der Waals surface area (Å²) in [6.07, 6.45) is 2.91. The lowest BCUT2D eigenvalue weighted by Crippen LogP contribution is -2.11. The topological polar surface area (TPSA) is 77.5 Å². The second kappa shape index (κ2) is 9.05. The molecule has 0 aromatic heterocycles. The predicted molar refractivity (Wildman–Crippen MR) is 50.9 cm³/mol. The van der Waals surface area contributed by atoms with Gasteiger partial charge in [-0.1, -0.05) is 0 Å². The number of ether oxygens (including phenoxy) is 1. The molecule has 0 saturated carbocycles. The van der Waals surface area contributed by atoms with Crippen LogP contribution in [-0.2, 0) is 23.9 Å². The highest BCUT2D eigenvalue weighted by atomic mass is 16.6. The second-order valence-electron chi connectivity index (χ2n) is 2.96. The number of carbonyl (C=O) groups excluding carboxylic acids is 4. The molecule has 0 amide bonds. The van der Waals surface area contributed by atoms with Crippen molar-refractivity contribution in [2.45, 2.75) is 38.5 Å². The van der Waals surface area contributed by atoms with Gasteiger partial charge in [0.15, 0.2) is 0 Å². The van der Waals surface area contributed by atoms with E-state index in [0.717, 1.165) is 0 Å². The fraction of sp³-hybridized carbons (Fsp3) is 0.600. The summed E-state index contributed by atoms with van der Waals surface area (Å²) in [6, 6.07) is 0. The fourth-order valence-corrected chi connectivity index (χ4v) is 0.888. The summed E-state index contributed by atoms with van der Waals surface area (Å²) >= 11 is 0. The molecule has 0 unspecified atom stereocenters. The van der Waals surface area contributed by atoms with Crippen LogP contribution in [0.4, 0.5) is 0 Å². The van der Waals surface area contributed by atoms with E-state index < -0.39 is 11.9 Å². The minimum absolute atomic E-state index is 0.0676. The summed E-state index contributed by atoms with van der Waals surface area (Å²) in [7, 11) is 0. The van der Waals surface area contributed by atoms with Crippen molar-refractivity contribution in [3.05, 3.63) is 0 Å². The Morgan fingerprint density at radius 2 is 1.27 bits per heavy atom. The summed E-state index contributed by atoms with van der Waals surface area (Å²) in [5.41, 5.74) is 0. The van der Waals surface area contributed by atoms with Crippen LogP contribution in [0.5, 0.6) is 0 Å². The number of hydrogen-bond donors (Lipinski definition) is 0. The van der Waals surface area contributed by atoms with Gasteiger partial charge in [-0.3, -0.25) is 9.59 Å². The molecule has 0 aromatic carbocycles. The highest BCUT2D eigenvalue weighted by Gasteiger charge is 2.09. The third kappa shape index (κ3) is 8.80. The first-order chi connectivity index (χ1) is 7.20. The van der Waals surface area contributed by atoms with Gasteiger partial charge in [0.2, 0.25) is 0 Å². The van der Waals surface area contributed by atoms with Crippen LogP contribution in [0.1, 0.15) is 38.5 Å². The molecule has 0 fully saturated rings. The van der Waals surface area contributed by atoms with Crippen molar-refractivity contribution in [1.29, 1.82) is 0 Å². The molecule has 0 aromatic rings. The number of esters is 2. The van der Waals surface area contributed by atoms with E-state index in [-0.39, 0.29) is 25.7 Å². The number of unbranched alkanes of at least 4 members (excludes halogenated alkanes) is 2. The van der Waals surface area contributed by atoms with Crippen LogP contribution in [0.15, 0.2) is 0 Å². The van der Waals surface area contributed by atoms with Crippen LogP contribution in [0.3, 0.4) is 0 Å². The van der Waals surface area contributed by atoms with E-state index in [0.29, 0.717) is 25.4 Å². The summed E-state index contributed by atoms with van der Waals surface area (Å²) < 4.78 is 4.43. The van der Waals surface area contributed by atoms with Crippen molar-refractivity contribution in [3.8, 4) is 0 Å². The van der Waals surface area contributed by atoms with Crippen LogP contribution >= 0.6 is 0 Å². The molecule has 0 radical (unpaired) electrons. The zero-order valence-electron chi connectivity index (χ0n) is 8.44. The standard InChI is InChI=1S/C10H14O5/c11-7-3-1-5-9(13)15-10(14)6-2-4-8-12/h7-8H,1-6H2. The highest BCUT2D eigenvalue weighted by molar-refractivity contribution is 5.85. The van der Waals surface area contributed by atoms with E-state index in [9.17, 15) is 19.2 Å². The second-order valence-corrected chi connectivity index (χ2v) is 2.96. The fourth-order valence-electron chi connectivity index (χ4n) is 0.888. The summed E-state index contributed by atoms with van der Waals surface area (Å²) in [5, 5.41) is 0. The molecule has 0 rings (SSSR count). The summed E-state index contributed by atoms with van der Waals surface area (Å²) in [4.78, 5) is 41.7. The Balaban J connectivity index is 3.52. The Morgan fingerprint density at radius 1 is 0.867 bits per heavy atom. The molecule has 0 N–H and O–H groups in total. The van der Waals surface area contributed by atoms with Crippen LogP contribution in [0.2, 0.25) is 0 Å². The SMILES string of the molecule is O=CCCCC(=O)OC(=O)CCCC=O. The Morgan fingerprint density at radius 3 is 1.60 bits per heavy atom. The molecule has 15 heavy (non-hydrogen) atoms. The van der Waals surface area contributed by atoms with E-state index in [1.165, 1.54) is 0 Å². The smallest absolute Gasteiger partial charge is 0.313 e. The van der Waals surface area contributed by atoms with Gasteiger partial charge in [0.05, 0.1) is 0 Å². The largest absolute Gasteiger partial charge is 0.393 e. The first kappa shape index (κ1) is 13.5. The van der Waals surface area contributed by atoms with Crippen molar-refractivity contribution < 1.29 is 23.9 Å². The molecule has 0 aliphatic carbocycles. The molecule has 0 aliphatic heterocycles. The maximum absolute atomic E-state index is 10.9. The van der Waals surface area contributed by atoms with Crippen LogP contribution in [-0.4, -0.2) is 24.5 Å². The van der Waals surface area contributed by atoms with E-state index in [2.05, 4.69) is 4.74 Å². The quantitative estimate of drug-likeness (QED) is 0.258. The van der Waals surface area contributed by atoms with Gasteiger partial charge < -0.3 is 14.3 Å². The van der Waals surface area contributed by atoms with E-state index in [1.54, 1.807) is 0 Å². The van der Waals surface area contributed by atoms with Crippen LogP contribution < -0.4 is 0 Å². The third-order valence-electron chi connectivity index (χ3n) is 1.63. The van der Waals surface area contributed by atoms with Crippen LogP contribution in [0.25, 0.3) is 0 Å². The van der Waals surface area contributed by atoms with Crippen LogP contribution in [0, 0.1) is 0 Å². The number of rotatable bonds is 8. The molecule has 0 heterocycles.